The molecule has 3 aromatic rings. The van der Waals surface area contributed by atoms with E-state index in [0.717, 1.165) is 19.0 Å². The average molecular weight is 557 g/mol. The molecule has 13 heteroatoms. The number of fused-ring (bicyclic) bond motifs is 2. The van der Waals surface area contributed by atoms with Crippen LogP contribution in [0.5, 0.6) is 11.6 Å². The van der Waals surface area contributed by atoms with Gasteiger partial charge in [0, 0.05) is 5.56 Å². The first-order valence-corrected chi connectivity index (χ1v) is 13.2. The van der Waals surface area contributed by atoms with Gasteiger partial charge < -0.3 is 29.2 Å². The van der Waals surface area contributed by atoms with Crippen molar-refractivity contribution in [1.82, 2.24) is 24.9 Å². The van der Waals surface area contributed by atoms with E-state index in [2.05, 4.69) is 15.4 Å². The second kappa shape index (κ2) is 10.4. The van der Waals surface area contributed by atoms with Crippen LogP contribution in [0, 0.1) is 5.82 Å². The number of ether oxygens (including phenoxy) is 4. The van der Waals surface area contributed by atoms with Gasteiger partial charge in [-0.15, -0.1) is 0 Å². The Morgan fingerprint density at radius 1 is 1.27 bits per heavy atom. The number of carbonyl (C=O) groups excluding carboxylic acids is 2. The fourth-order valence-corrected chi connectivity index (χ4v) is 4.36. The summed E-state index contributed by atoms with van der Waals surface area (Å²) in [6.45, 7) is 10.0. The number of hydrogen-bond acceptors (Lipinski definition) is 10. The molecule has 1 fully saturated rings. The molecule has 0 spiro atoms. The summed E-state index contributed by atoms with van der Waals surface area (Å²) in [4.78, 5) is 35.6. The van der Waals surface area contributed by atoms with Crippen LogP contribution in [0.2, 0.25) is 0 Å². The second-order valence-corrected chi connectivity index (χ2v) is 11.1. The molecule has 0 aromatic carbocycles. The van der Waals surface area contributed by atoms with E-state index < -0.39 is 29.0 Å². The number of anilines is 1. The molecule has 1 amide bonds. The van der Waals surface area contributed by atoms with Crippen LogP contribution in [0.15, 0.2) is 24.7 Å². The summed E-state index contributed by atoms with van der Waals surface area (Å²) in [5.74, 6) is 0.143. The highest BCUT2D eigenvalue weighted by atomic mass is 19.1. The zero-order valence-electron chi connectivity index (χ0n) is 23.2. The second-order valence-electron chi connectivity index (χ2n) is 11.1. The standard InChI is InChI=1S/C27H33FN6O6/c1-6-37-24(35)19-11-30-34-13-20-22(31-21(19)34)33(16(2)14-38-20)12-17-9-18(28)10-29-23(17)39-15-27(7-8-27)32-25(36)40-26(3,4)5/h9-11,13,16H,6-8,12,14-15H2,1-5H3,(H,32,36)/t16-/m1/s1. The Hall–Kier alpha value is -4.16. The average Bonchev–Trinajstić information content (AvgIpc) is 3.50. The molecule has 0 unspecified atom stereocenters. The predicted molar refractivity (Wildman–Crippen MR) is 141 cm³/mol. The Balaban J connectivity index is 1.38. The SMILES string of the molecule is CCOC(=O)c1cnn2cc3c(nc12)N(Cc1cc(F)cnc1OCC1(NC(=O)OC(C)(C)C)CC1)[C@H](C)CO3. The van der Waals surface area contributed by atoms with Crippen molar-refractivity contribution in [3.63, 3.8) is 0 Å². The minimum atomic E-state index is -0.620. The van der Waals surface area contributed by atoms with Crippen LogP contribution in [0.1, 0.15) is 63.4 Å². The number of halogens is 1. The van der Waals surface area contributed by atoms with Crippen molar-refractivity contribution in [3.05, 3.63) is 41.6 Å². The number of nitrogens with zero attached hydrogens (tertiary/aromatic N) is 5. The van der Waals surface area contributed by atoms with Gasteiger partial charge in [-0.1, -0.05) is 0 Å². The minimum absolute atomic E-state index is 0.142. The van der Waals surface area contributed by atoms with E-state index in [4.69, 9.17) is 23.9 Å². The molecule has 4 heterocycles. The van der Waals surface area contributed by atoms with Crippen molar-refractivity contribution in [2.45, 2.75) is 71.2 Å². The molecule has 0 bridgehead atoms. The van der Waals surface area contributed by atoms with Crippen molar-refractivity contribution in [3.8, 4) is 11.6 Å². The van der Waals surface area contributed by atoms with Gasteiger partial charge in [0.25, 0.3) is 0 Å². The first-order valence-electron chi connectivity index (χ1n) is 13.2. The summed E-state index contributed by atoms with van der Waals surface area (Å²) in [6.07, 6.45) is 5.09. The Morgan fingerprint density at radius 3 is 2.75 bits per heavy atom. The Labute approximate surface area is 230 Å². The summed E-state index contributed by atoms with van der Waals surface area (Å²) in [6, 6.07) is 1.23. The maximum atomic E-state index is 14.4. The molecule has 214 valence electrons. The van der Waals surface area contributed by atoms with E-state index in [-0.39, 0.29) is 37.2 Å². The number of hydrogen-bond donors (Lipinski definition) is 1. The van der Waals surface area contributed by atoms with Gasteiger partial charge in [-0.25, -0.2) is 28.5 Å². The Kier molecular flexibility index (Phi) is 7.15. The van der Waals surface area contributed by atoms with E-state index in [1.54, 1.807) is 33.9 Å². The van der Waals surface area contributed by atoms with Crippen LogP contribution in [0.4, 0.5) is 15.0 Å². The molecular formula is C27H33FN6O6. The van der Waals surface area contributed by atoms with Crippen LogP contribution in [-0.2, 0) is 16.0 Å². The molecule has 1 saturated carbocycles. The number of rotatable bonds is 8. The number of nitrogens with one attached hydrogen (secondary N) is 1. The fraction of sp³-hybridized carbons (Fsp3) is 0.519. The topological polar surface area (TPSA) is 129 Å². The molecule has 2 aliphatic rings. The third kappa shape index (κ3) is 5.87. The number of alkyl carbamates (subject to hydrolysis) is 1. The molecule has 1 N–H and O–H groups in total. The molecule has 1 aliphatic heterocycles. The van der Waals surface area contributed by atoms with Crippen molar-refractivity contribution in [1.29, 1.82) is 0 Å². The Morgan fingerprint density at radius 2 is 2.05 bits per heavy atom. The summed E-state index contributed by atoms with van der Waals surface area (Å²) in [7, 11) is 0. The molecule has 1 aliphatic carbocycles. The normalized spacial score (nSPS) is 17.6. The zero-order chi connectivity index (χ0) is 28.7. The van der Waals surface area contributed by atoms with Crippen molar-refractivity contribution >= 4 is 23.5 Å². The van der Waals surface area contributed by atoms with Gasteiger partial charge >= 0.3 is 12.1 Å². The lowest BCUT2D eigenvalue weighted by atomic mass is 10.2. The maximum Gasteiger partial charge on any atom is 0.408 e. The molecule has 40 heavy (non-hydrogen) atoms. The molecule has 0 saturated heterocycles. The van der Waals surface area contributed by atoms with Gasteiger partial charge in [0.15, 0.2) is 17.2 Å². The highest BCUT2D eigenvalue weighted by Crippen LogP contribution is 2.38. The number of carbonyl (C=O) groups is 2. The quantitative estimate of drug-likeness (QED) is 0.410. The highest BCUT2D eigenvalue weighted by molar-refractivity contribution is 5.96. The lowest BCUT2D eigenvalue weighted by molar-refractivity contribution is 0.0473. The lowest BCUT2D eigenvalue weighted by Gasteiger charge is -2.35. The first-order chi connectivity index (χ1) is 19.0. The van der Waals surface area contributed by atoms with Crippen LogP contribution in [0.25, 0.3) is 5.65 Å². The van der Waals surface area contributed by atoms with E-state index in [1.807, 2.05) is 11.8 Å². The first kappa shape index (κ1) is 27.4. The summed E-state index contributed by atoms with van der Waals surface area (Å²) >= 11 is 0. The summed E-state index contributed by atoms with van der Waals surface area (Å²) in [5, 5.41) is 7.11. The van der Waals surface area contributed by atoms with Gasteiger partial charge in [0.2, 0.25) is 5.88 Å². The third-order valence-corrected chi connectivity index (χ3v) is 6.56. The number of aromatic nitrogens is 4. The lowest BCUT2D eigenvalue weighted by Crippen LogP contribution is -2.44. The number of amides is 1. The molecule has 1 atom stereocenters. The summed E-state index contributed by atoms with van der Waals surface area (Å²) < 4.78 is 38.3. The fourth-order valence-electron chi connectivity index (χ4n) is 4.36. The van der Waals surface area contributed by atoms with Gasteiger partial charge in [-0.2, -0.15) is 5.10 Å². The van der Waals surface area contributed by atoms with Crippen molar-refractivity contribution < 1.29 is 32.9 Å². The van der Waals surface area contributed by atoms with E-state index in [1.165, 1.54) is 16.8 Å². The largest absolute Gasteiger partial charge is 0.486 e. The highest BCUT2D eigenvalue weighted by Gasteiger charge is 2.46. The van der Waals surface area contributed by atoms with Crippen LogP contribution >= 0.6 is 0 Å². The van der Waals surface area contributed by atoms with E-state index in [9.17, 15) is 14.0 Å². The van der Waals surface area contributed by atoms with Crippen molar-refractivity contribution in [2.24, 2.45) is 0 Å². The molecule has 3 aromatic heterocycles. The van der Waals surface area contributed by atoms with Crippen molar-refractivity contribution in [2.75, 3.05) is 24.7 Å². The van der Waals surface area contributed by atoms with E-state index in [0.29, 0.717) is 29.4 Å². The predicted octanol–water partition coefficient (Wildman–Crippen LogP) is 3.66. The number of pyridine rings is 1. The Bertz CT molecular complexity index is 1430. The maximum absolute atomic E-state index is 14.4. The zero-order valence-corrected chi connectivity index (χ0v) is 23.2. The van der Waals surface area contributed by atoms with E-state index >= 15 is 0 Å². The monoisotopic (exact) mass is 556 g/mol. The molecule has 0 radical (unpaired) electrons. The molecule has 5 rings (SSSR count). The van der Waals surface area contributed by atoms with Crippen LogP contribution in [0.3, 0.4) is 0 Å². The van der Waals surface area contributed by atoms with Gasteiger partial charge in [0.05, 0.1) is 43.3 Å². The number of esters is 1. The van der Waals surface area contributed by atoms with Gasteiger partial charge in [-0.3, -0.25) is 0 Å². The minimum Gasteiger partial charge on any atom is -0.486 e. The van der Waals surface area contributed by atoms with Gasteiger partial charge in [-0.05, 0) is 53.5 Å². The van der Waals surface area contributed by atoms with Crippen LogP contribution in [-0.4, -0.2) is 68.6 Å². The molecular weight excluding hydrogens is 523 g/mol. The van der Waals surface area contributed by atoms with Gasteiger partial charge in [0.1, 0.15) is 30.2 Å². The summed E-state index contributed by atoms with van der Waals surface area (Å²) in [5.41, 5.74) is -0.142. The third-order valence-electron chi connectivity index (χ3n) is 6.56. The van der Waals surface area contributed by atoms with Crippen LogP contribution < -0.4 is 19.7 Å². The molecule has 12 nitrogen and oxygen atoms in total. The smallest absolute Gasteiger partial charge is 0.408 e.